The lowest BCUT2D eigenvalue weighted by Crippen LogP contribution is -2.54. The van der Waals surface area contributed by atoms with Crippen LogP contribution in [0.4, 0.5) is 5.69 Å². The number of amides is 2. The summed E-state index contributed by atoms with van der Waals surface area (Å²) in [5.74, 6) is -0.558. The maximum absolute atomic E-state index is 14.0. The van der Waals surface area contributed by atoms with Gasteiger partial charge >= 0.3 is 0 Å². The van der Waals surface area contributed by atoms with Gasteiger partial charge in [-0.3, -0.25) is 13.9 Å². The fourth-order valence-corrected chi connectivity index (χ4v) is 5.50. The third-order valence-corrected chi connectivity index (χ3v) is 7.85. The maximum Gasteiger partial charge on any atom is 0.264 e. The molecule has 0 aromatic heterocycles. The molecule has 0 saturated heterocycles. The maximum atomic E-state index is 14.0. The summed E-state index contributed by atoms with van der Waals surface area (Å²) in [6.07, 6.45) is 0. The summed E-state index contributed by atoms with van der Waals surface area (Å²) in [4.78, 5) is 28.6. The molecule has 0 fully saturated rings. The van der Waals surface area contributed by atoms with Crippen molar-refractivity contribution in [3.05, 3.63) is 90.0 Å². The first-order chi connectivity index (χ1) is 18.3. The van der Waals surface area contributed by atoms with E-state index in [0.29, 0.717) is 5.75 Å². The van der Waals surface area contributed by atoms with Gasteiger partial charge in [0.1, 0.15) is 18.3 Å². The van der Waals surface area contributed by atoms with Gasteiger partial charge in [0.2, 0.25) is 11.8 Å². The van der Waals surface area contributed by atoms with Crippen LogP contribution in [0.3, 0.4) is 0 Å². The average Bonchev–Trinajstić information content (AvgIpc) is 2.89. The van der Waals surface area contributed by atoms with Crippen LogP contribution in [-0.4, -0.2) is 50.4 Å². The Labute approximate surface area is 231 Å². The highest BCUT2D eigenvalue weighted by Crippen LogP contribution is 2.33. The lowest BCUT2D eigenvalue weighted by molar-refractivity contribution is -0.140. The van der Waals surface area contributed by atoms with Crippen molar-refractivity contribution < 1.29 is 22.7 Å². The van der Waals surface area contributed by atoms with E-state index in [1.54, 1.807) is 43.3 Å². The number of rotatable bonds is 10. The Morgan fingerprint density at radius 2 is 1.54 bits per heavy atom. The highest BCUT2D eigenvalue weighted by atomic mass is 32.2. The summed E-state index contributed by atoms with van der Waals surface area (Å²) in [6, 6.07) is 21.5. The Balaban J connectivity index is 2.08. The second kappa shape index (κ2) is 12.3. The van der Waals surface area contributed by atoms with Crippen LogP contribution in [0.25, 0.3) is 0 Å². The summed E-state index contributed by atoms with van der Waals surface area (Å²) >= 11 is 0. The van der Waals surface area contributed by atoms with Crippen molar-refractivity contribution in [1.29, 1.82) is 0 Å². The van der Waals surface area contributed by atoms with Crippen molar-refractivity contribution in [2.24, 2.45) is 0 Å². The van der Waals surface area contributed by atoms with Crippen molar-refractivity contribution in [3.63, 3.8) is 0 Å². The van der Waals surface area contributed by atoms with Gasteiger partial charge in [-0.25, -0.2) is 8.42 Å². The molecule has 0 unspecified atom stereocenters. The number of nitrogens with zero attached hydrogens (tertiary/aromatic N) is 2. The molecule has 1 N–H and O–H groups in total. The third-order valence-electron chi connectivity index (χ3n) is 6.07. The molecule has 0 aliphatic carbocycles. The minimum atomic E-state index is -4.17. The molecule has 0 saturated carbocycles. The average molecular weight is 552 g/mol. The molecule has 0 radical (unpaired) electrons. The van der Waals surface area contributed by atoms with Crippen molar-refractivity contribution in [3.8, 4) is 5.75 Å². The zero-order chi connectivity index (χ0) is 28.8. The van der Waals surface area contributed by atoms with E-state index in [1.165, 1.54) is 24.1 Å². The molecule has 0 heterocycles. The first-order valence-electron chi connectivity index (χ1n) is 12.7. The number of hydrogen-bond acceptors (Lipinski definition) is 5. The number of carbonyl (C=O) groups is 2. The van der Waals surface area contributed by atoms with Crippen LogP contribution in [0.2, 0.25) is 0 Å². The van der Waals surface area contributed by atoms with E-state index in [9.17, 15) is 18.0 Å². The van der Waals surface area contributed by atoms with Crippen molar-refractivity contribution in [2.75, 3.05) is 18.0 Å². The van der Waals surface area contributed by atoms with Gasteiger partial charge in [-0.05, 0) is 70.0 Å². The fourth-order valence-electron chi connectivity index (χ4n) is 4.06. The lowest BCUT2D eigenvalue weighted by Gasteiger charge is -2.33. The number of aryl methyl sites for hydroxylation is 1. The van der Waals surface area contributed by atoms with E-state index < -0.39 is 34.1 Å². The van der Waals surface area contributed by atoms with Crippen LogP contribution < -0.4 is 14.4 Å². The molecule has 8 nitrogen and oxygen atoms in total. The highest BCUT2D eigenvalue weighted by Gasteiger charge is 2.34. The SMILES string of the molecule is COc1ccc(C)cc1N(CC(=O)N(Cc1ccccc1)[C@@H](C)C(=O)NC(C)(C)C)S(=O)(=O)c1ccccc1. The summed E-state index contributed by atoms with van der Waals surface area (Å²) in [7, 11) is -2.73. The van der Waals surface area contributed by atoms with Crippen molar-refractivity contribution >= 4 is 27.5 Å². The predicted molar refractivity (Wildman–Crippen MR) is 153 cm³/mol. The second-order valence-electron chi connectivity index (χ2n) is 10.4. The molecule has 0 aliphatic heterocycles. The van der Waals surface area contributed by atoms with Crippen LogP contribution >= 0.6 is 0 Å². The molecule has 0 bridgehead atoms. The van der Waals surface area contributed by atoms with Crippen LogP contribution in [0, 0.1) is 6.92 Å². The first-order valence-corrected chi connectivity index (χ1v) is 14.2. The fraction of sp³-hybridized carbons (Fsp3) is 0.333. The number of carbonyl (C=O) groups excluding carboxylic acids is 2. The normalized spacial score (nSPS) is 12.4. The number of benzene rings is 3. The molecule has 0 spiro atoms. The van der Waals surface area contributed by atoms with E-state index in [1.807, 2.05) is 58.0 Å². The van der Waals surface area contributed by atoms with E-state index in [0.717, 1.165) is 15.4 Å². The zero-order valence-electron chi connectivity index (χ0n) is 23.3. The summed E-state index contributed by atoms with van der Waals surface area (Å²) in [6.45, 7) is 8.65. The van der Waals surface area contributed by atoms with E-state index in [4.69, 9.17) is 4.74 Å². The molecule has 9 heteroatoms. The minimum Gasteiger partial charge on any atom is -0.495 e. The van der Waals surface area contributed by atoms with E-state index in [-0.39, 0.29) is 23.0 Å². The molecule has 3 rings (SSSR count). The molecule has 39 heavy (non-hydrogen) atoms. The number of sulfonamides is 1. The molecular weight excluding hydrogens is 514 g/mol. The smallest absolute Gasteiger partial charge is 0.264 e. The monoisotopic (exact) mass is 551 g/mol. The Morgan fingerprint density at radius 1 is 0.949 bits per heavy atom. The summed E-state index contributed by atoms with van der Waals surface area (Å²) in [5, 5.41) is 2.92. The third kappa shape index (κ3) is 7.60. The van der Waals surface area contributed by atoms with Crippen molar-refractivity contribution in [1.82, 2.24) is 10.2 Å². The predicted octanol–water partition coefficient (Wildman–Crippen LogP) is 4.53. The Bertz CT molecular complexity index is 1390. The van der Waals surface area contributed by atoms with Gasteiger partial charge in [-0.2, -0.15) is 0 Å². The largest absolute Gasteiger partial charge is 0.495 e. The Hall–Kier alpha value is -3.85. The van der Waals surface area contributed by atoms with Gasteiger partial charge in [0, 0.05) is 12.1 Å². The molecule has 1 atom stereocenters. The van der Waals surface area contributed by atoms with Crippen LogP contribution in [0.1, 0.15) is 38.8 Å². The number of hydrogen-bond donors (Lipinski definition) is 1. The number of ether oxygens (including phenoxy) is 1. The van der Waals surface area contributed by atoms with Crippen LogP contribution in [0.5, 0.6) is 5.75 Å². The highest BCUT2D eigenvalue weighted by molar-refractivity contribution is 7.92. The number of methoxy groups -OCH3 is 1. The number of nitrogens with one attached hydrogen (secondary N) is 1. The molecule has 3 aromatic rings. The van der Waals surface area contributed by atoms with E-state index in [2.05, 4.69) is 5.32 Å². The first kappa shape index (κ1) is 29.7. The number of anilines is 1. The van der Waals surface area contributed by atoms with E-state index >= 15 is 0 Å². The summed E-state index contributed by atoms with van der Waals surface area (Å²) < 4.78 is 34.4. The van der Waals surface area contributed by atoms with Gasteiger partial charge < -0.3 is 15.0 Å². The lowest BCUT2D eigenvalue weighted by atomic mass is 10.1. The molecule has 208 valence electrons. The van der Waals surface area contributed by atoms with Crippen molar-refractivity contribution in [2.45, 2.75) is 57.6 Å². The van der Waals surface area contributed by atoms with Crippen LogP contribution in [-0.2, 0) is 26.2 Å². The Kier molecular flexibility index (Phi) is 9.40. The van der Waals surface area contributed by atoms with Gasteiger partial charge in [0.05, 0.1) is 17.7 Å². The van der Waals surface area contributed by atoms with Gasteiger partial charge in [-0.15, -0.1) is 0 Å². The molecule has 0 aliphatic rings. The summed E-state index contributed by atoms with van der Waals surface area (Å²) in [5.41, 5.74) is 1.34. The molecule has 3 aromatic carbocycles. The van der Waals surface area contributed by atoms with Crippen LogP contribution in [0.15, 0.2) is 83.8 Å². The topological polar surface area (TPSA) is 96.0 Å². The van der Waals surface area contributed by atoms with Gasteiger partial charge in [-0.1, -0.05) is 54.6 Å². The Morgan fingerprint density at radius 3 is 2.10 bits per heavy atom. The zero-order valence-corrected chi connectivity index (χ0v) is 24.2. The quantitative estimate of drug-likeness (QED) is 0.399. The molecule has 2 amide bonds. The molecular formula is C30H37N3O5S. The van der Waals surface area contributed by atoms with Gasteiger partial charge in [0.25, 0.3) is 10.0 Å². The standard InChI is InChI=1S/C30H37N3O5S/c1-22-17-18-27(38-6)26(19-22)33(39(36,37)25-15-11-8-12-16-25)21-28(34)32(20-24-13-9-7-10-14-24)23(2)29(35)31-30(3,4)5/h7-19,23H,20-21H2,1-6H3,(H,31,35)/t23-/m0/s1. The second-order valence-corrected chi connectivity index (χ2v) is 12.3. The van der Waals surface area contributed by atoms with Gasteiger partial charge in [0.15, 0.2) is 0 Å². The minimum absolute atomic E-state index is 0.0366.